The maximum atomic E-state index is 5.49. The van der Waals surface area contributed by atoms with Crippen molar-refractivity contribution in [2.75, 3.05) is 36.5 Å². The lowest BCUT2D eigenvalue weighted by Crippen LogP contribution is -2.50. The third-order valence-electron chi connectivity index (χ3n) is 4.13. The zero-order chi connectivity index (χ0) is 13.2. The highest BCUT2D eigenvalue weighted by atomic mass is 15.3. The average molecular weight is 262 g/mol. The lowest BCUT2D eigenvalue weighted by Gasteiger charge is -2.38. The van der Waals surface area contributed by atoms with Crippen molar-refractivity contribution in [1.29, 1.82) is 0 Å². The standard InChI is InChI=1S/C13H22N6/c1-2-11-15-12(17-14)8-13(16-11)19-7-6-18-5-3-4-10(18)9-19/h8,10H,2-7,9,14H2,1H3,(H,15,16,17). The van der Waals surface area contributed by atoms with Gasteiger partial charge < -0.3 is 10.3 Å². The van der Waals surface area contributed by atoms with Gasteiger partial charge in [-0.25, -0.2) is 15.8 Å². The highest BCUT2D eigenvalue weighted by Crippen LogP contribution is 2.25. The van der Waals surface area contributed by atoms with E-state index in [1.54, 1.807) is 0 Å². The predicted molar refractivity (Wildman–Crippen MR) is 76.0 cm³/mol. The molecule has 0 saturated carbocycles. The molecule has 2 aliphatic heterocycles. The van der Waals surface area contributed by atoms with Gasteiger partial charge in [0.25, 0.3) is 0 Å². The summed E-state index contributed by atoms with van der Waals surface area (Å²) in [6.45, 7) is 6.58. The fourth-order valence-corrected chi connectivity index (χ4v) is 3.08. The molecule has 1 unspecified atom stereocenters. The summed E-state index contributed by atoms with van der Waals surface area (Å²) in [6, 6.07) is 2.65. The van der Waals surface area contributed by atoms with Gasteiger partial charge in [0.1, 0.15) is 17.5 Å². The van der Waals surface area contributed by atoms with Crippen LogP contribution in [0.2, 0.25) is 0 Å². The Labute approximate surface area is 114 Å². The summed E-state index contributed by atoms with van der Waals surface area (Å²) in [5, 5.41) is 0. The Bertz CT molecular complexity index is 427. The zero-order valence-corrected chi connectivity index (χ0v) is 11.5. The summed E-state index contributed by atoms with van der Waals surface area (Å²) in [5.41, 5.74) is 2.64. The Balaban J connectivity index is 1.81. The average Bonchev–Trinajstić information content (AvgIpc) is 2.94. The van der Waals surface area contributed by atoms with Crippen molar-refractivity contribution in [2.24, 2.45) is 5.84 Å². The Morgan fingerprint density at radius 2 is 2.26 bits per heavy atom. The lowest BCUT2D eigenvalue weighted by molar-refractivity contribution is 0.230. The van der Waals surface area contributed by atoms with Gasteiger partial charge in [0.2, 0.25) is 0 Å². The molecule has 6 nitrogen and oxygen atoms in total. The predicted octanol–water partition coefficient (Wildman–Crippen LogP) is 0.609. The minimum absolute atomic E-state index is 0.697. The first kappa shape index (κ1) is 12.6. The van der Waals surface area contributed by atoms with E-state index in [1.165, 1.54) is 19.4 Å². The molecule has 0 radical (unpaired) electrons. The third-order valence-corrected chi connectivity index (χ3v) is 4.13. The van der Waals surface area contributed by atoms with Crippen LogP contribution in [0.1, 0.15) is 25.6 Å². The Morgan fingerprint density at radius 1 is 1.37 bits per heavy atom. The number of nitrogen functional groups attached to an aromatic ring is 1. The molecule has 2 aliphatic rings. The van der Waals surface area contributed by atoms with Crippen molar-refractivity contribution in [3.63, 3.8) is 0 Å². The highest BCUT2D eigenvalue weighted by Gasteiger charge is 2.31. The van der Waals surface area contributed by atoms with Crippen molar-refractivity contribution in [2.45, 2.75) is 32.2 Å². The van der Waals surface area contributed by atoms with Gasteiger partial charge in [0.05, 0.1) is 0 Å². The van der Waals surface area contributed by atoms with E-state index in [0.29, 0.717) is 11.9 Å². The summed E-state index contributed by atoms with van der Waals surface area (Å²) < 4.78 is 0. The number of hydrazine groups is 1. The Morgan fingerprint density at radius 3 is 3.05 bits per heavy atom. The second kappa shape index (κ2) is 5.30. The SMILES string of the molecule is CCc1nc(NN)cc(N2CCN3CCCC3C2)n1. The maximum Gasteiger partial charge on any atom is 0.145 e. The molecule has 0 amide bonds. The van der Waals surface area contributed by atoms with Crippen LogP contribution in [0.4, 0.5) is 11.6 Å². The van der Waals surface area contributed by atoms with Crippen LogP contribution in [0.15, 0.2) is 6.07 Å². The van der Waals surface area contributed by atoms with Crippen molar-refractivity contribution < 1.29 is 0 Å². The number of piperazine rings is 1. The quantitative estimate of drug-likeness (QED) is 0.614. The molecule has 104 valence electrons. The minimum atomic E-state index is 0.697. The van der Waals surface area contributed by atoms with E-state index in [0.717, 1.165) is 37.7 Å². The van der Waals surface area contributed by atoms with Crippen molar-refractivity contribution in [3.8, 4) is 0 Å². The number of hydrogen-bond donors (Lipinski definition) is 2. The Kier molecular flexibility index (Phi) is 3.52. The van der Waals surface area contributed by atoms with Gasteiger partial charge in [-0.1, -0.05) is 6.92 Å². The van der Waals surface area contributed by atoms with Gasteiger partial charge >= 0.3 is 0 Å². The number of nitrogens with two attached hydrogens (primary N) is 1. The van der Waals surface area contributed by atoms with E-state index in [1.807, 2.05) is 6.07 Å². The number of rotatable bonds is 3. The minimum Gasteiger partial charge on any atom is -0.354 e. The molecule has 0 aliphatic carbocycles. The fraction of sp³-hybridized carbons (Fsp3) is 0.692. The third kappa shape index (κ3) is 2.50. The second-order valence-corrected chi connectivity index (χ2v) is 5.30. The summed E-state index contributed by atoms with van der Waals surface area (Å²) in [6.07, 6.45) is 3.47. The molecule has 3 N–H and O–H groups in total. The molecule has 1 atom stereocenters. The van der Waals surface area contributed by atoms with Gasteiger partial charge in [-0.15, -0.1) is 0 Å². The first-order valence-corrected chi connectivity index (χ1v) is 7.13. The van der Waals surface area contributed by atoms with E-state index in [-0.39, 0.29) is 0 Å². The normalized spacial score (nSPS) is 23.5. The molecule has 0 bridgehead atoms. The topological polar surface area (TPSA) is 70.3 Å². The molecular weight excluding hydrogens is 240 g/mol. The molecule has 19 heavy (non-hydrogen) atoms. The van der Waals surface area contributed by atoms with Crippen molar-refractivity contribution in [1.82, 2.24) is 14.9 Å². The highest BCUT2D eigenvalue weighted by molar-refractivity contribution is 5.49. The maximum absolute atomic E-state index is 5.49. The van der Waals surface area contributed by atoms with Crippen LogP contribution < -0.4 is 16.2 Å². The van der Waals surface area contributed by atoms with E-state index in [2.05, 4.69) is 32.1 Å². The second-order valence-electron chi connectivity index (χ2n) is 5.30. The number of hydrogen-bond acceptors (Lipinski definition) is 6. The molecule has 0 spiro atoms. The van der Waals surface area contributed by atoms with Crippen LogP contribution in [0.3, 0.4) is 0 Å². The van der Waals surface area contributed by atoms with Gasteiger partial charge in [0.15, 0.2) is 0 Å². The number of nitrogens with one attached hydrogen (secondary N) is 1. The first-order chi connectivity index (χ1) is 9.30. The van der Waals surface area contributed by atoms with E-state index >= 15 is 0 Å². The molecule has 3 rings (SSSR count). The number of nitrogens with zero attached hydrogens (tertiary/aromatic N) is 4. The largest absolute Gasteiger partial charge is 0.354 e. The smallest absolute Gasteiger partial charge is 0.145 e. The molecule has 3 heterocycles. The summed E-state index contributed by atoms with van der Waals surface area (Å²) in [5.74, 6) is 8.05. The Hall–Kier alpha value is -1.40. The number of aromatic nitrogens is 2. The van der Waals surface area contributed by atoms with Crippen molar-refractivity contribution >= 4 is 11.6 Å². The zero-order valence-electron chi connectivity index (χ0n) is 11.5. The van der Waals surface area contributed by atoms with Gasteiger partial charge in [-0.3, -0.25) is 4.90 Å². The fourth-order valence-electron chi connectivity index (χ4n) is 3.08. The first-order valence-electron chi connectivity index (χ1n) is 7.13. The van der Waals surface area contributed by atoms with Gasteiger partial charge in [0, 0.05) is 38.2 Å². The molecule has 2 fully saturated rings. The van der Waals surface area contributed by atoms with E-state index in [4.69, 9.17) is 5.84 Å². The number of anilines is 2. The van der Waals surface area contributed by atoms with Gasteiger partial charge in [-0.05, 0) is 19.4 Å². The summed E-state index contributed by atoms with van der Waals surface area (Å²) in [4.78, 5) is 14.0. The lowest BCUT2D eigenvalue weighted by atomic mass is 10.1. The van der Waals surface area contributed by atoms with Crippen molar-refractivity contribution in [3.05, 3.63) is 11.9 Å². The number of fused-ring (bicyclic) bond motifs is 1. The van der Waals surface area contributed by atoms with Gasteiger partial charge in [-0.2, -0.15) is 0 Å². The monoisotopic (exact) mass is 262 g/mol. The van der Waals surface area contributed by atoms with Crippen LogP contribution in [-0.4, -0.2) is 47.1 Å². The molecule has 6 heteroatoms. The van der Waals surface area contributed by atoms with Crippen LogP contribution in [0.25, 0.3) is 0 Å². The van der Waals surface area contributed by atoms with E-state index < -0.39 is 0 Å². The molecule has 1 aromatic heterocycles. The van der Waals surface area contributed by atoms with Crippen LogP contribution in [0.5, 0.6) is 0 Å². The summed E-state index contributed by atoms with van der Waals surface area (Å²) in [7, 11) is 0. The molecular formula is C13H22N6. The summed E-state index contributed by atoms with van der Waals surface area (Å²) >= 11 is 0. The van der Waals surface area contributed by atoms with Crippen LogP contribution in [-0.2, 0) is 6.42 Å². The molecule has 1 aromatic rings. The van der Waals surface area contributed by atoms with Crippen LogP contribution >= 0.6 is 0 Å². The molecule has 2 saturated heterocycles. The van der Waals surface area contributed by atoms with Crippen LogP contribution in [0, 0.1) is 0 Å². The number of aryl methyl sites for hydroxylation is 1. The van der Waals surface area contributed by atoms with E-state index in [9.17, 15) is 0 Å². The molecule has 0 aromatic carbocycles.